The summed E-state index contributed by atoms with van der Waals surface area (Å²) in [6.45, 7) is 2.65. The molecule has 2 aromatic rings. The van der Waals surface area contributed by atoms with Crippen molar-refractivity contribution in [1.82, 2.24) is 15.5 Å². The number of aromatic amines is 1. The van der Waals surface area contributed by atoms with Gasteiger partial charge < -0.3 is 10.4 Å². The molecule has 1 heterocycles. The van der Waals surface area contributed by atoms with E-state index in [1.54, 1.807) is 6.20 Å². The smallest absolute Gasteiger partial charge is 0.0921 e. The van der Waals surface area contributed by atoms with Crippen molar-refractivity contribution in [3.8, 4) is 0 Å². The molecule has 0 amide bonds. The van der Waals surface area contributed by atoms with Crippen LogP contribution in [-0.4, -0.2) is 27.9 Å². The lowest BCUT2D eigenvalue weighted by molar-refractivity contribution is 0.175. The van der Waals surface area contributed by atoms with Gasteiger partial charge in [0.15, 0.2) is 0 Å². The lowest BCUT2D eigenvalue weighted by Gasteiger charge is -2.13. The number of aromatic nitrogens is 2. The maximum Gasteiger partial charge on any atom is 0.0921 e. The summed E-state index contributed by atoms with van der Waals surface area (Å²) in [5.74, 6) is 0. The van der Waals surface area contributed by atoms with Gasteiger partial charge in [0, 0.05) is 18.0 Å². The molecule has 4 nitrogen and oxygen atoms in total. The summed E-state index contributed by atoms with van der Waals surface area (Å²) in [5.41, 5.74) is 3.09. The highest BCUT2D eigenvalue weighted by Crippen LogP contribution is 2.25. The Morgan fingerprint density at radius 1 is 1.53 bits per heavy atom. The van der Waals surface area contributed by atoms with E-state index in [0.29, 0.717) is 12.6 Å². The lowest BCUT2D eigenvalue weighted by atomic mass is 10.0. The minimum Gasteiger partial charge on any atom is -0.387 e. The van der Waals surface area contributed by atoms with E-state index >= 15 is 0 Å². The fourth-order valence-corrected chi connectivity index (χ4v) is 2.18. The molecule has 0 radical (unpaired) electrons. The van der Waals surface area contributed by atoms with E-state index in [4.69, 9.17) is 0 Å². The number of H-pyrrole nitrogens is 1. The average Bonchev–Trinajstić information content (AvgIpc) is 3.02. The summed E-state index contributed by atoms with van der Waals surface area (Å²) >= 11 is 0. The highest BCUT2D eigenvalue weighted by Gasteiger charge is 2.22. The maximum absolute atomic E-state index is 10.2. The first kappa shape index (κ1) is 10.7. The van der Waals surface area contributed by atoms with Crippen molar-refractivity contribution in [2.45, 2.75) is 31.9 Å². The van der Waals surface area contributed by atoms with Crippen LogP contribution in [0.2, 0.25) is 0 Å². The number of aliphatic hydroxyl groups excluding tert-OH is 1. The van der Waals surface area contributed by atoms with Gasteiger partial charge in [0.1, 0.15) is 0 Å². The Balaban J connectivity index is 1.88. The van der Waals surface area contributed by atoms with E-state index in [9.17, 15) is 5.11 Å². The highest BCUT2D eigenvalue weighted by atomic mass is 16.3. The van der Waals surface area contributed by atoms with E-state index in [-0.39, 0.29) is 0 Å². The van der Waals surface area contributed by atoms with Crippen LogP contribution < -0.4 is 5.32 Å². The number of aryl methyl sites for hydroxylation is 1. The lowest BCUT2D eigenvalue weighted by Crippen LogP contribution is -2.23. The quantitative estimate of drug-likeness (QED) is 0.750. The Morgan fingerprint density at radius 3 is 3.12 bits per heavy atom. The van der Waals surface area contributed by atoms with Crippen LogP contribution in [0.3, 0.4) is 0 Å². The van der Waals surface area contributed by atoms with Gasteiger partial charge in [-0.1, -0.05) is 6.07 Å². The molecule has 1 fully saturated rings. The molecule has 17 heavy (non-hydrogen) atoms. The van der Waals surface area contributed by atoms with Crippen molar-refractivity contribution in [2.24, 2.45) is 0 Å². The molecule has 90 valence electrons. The first-order chi connectivity index (χ1) is 8.24. The highest BCUT2D eigenvalue weighted by molar-refractivity contribution is 5.82. The molecule has 0 spiro atoms. The van der Waals surface area contributed by atoms with Crippen molar-refractivity contribution in [3.63, 3.8) is 0 Å². The molecule has 1 aliphatic carbocycles. The summed E-state index contributed by atoms with van der Waals surface area (Å²) in [6, 6.07) is 4.71. The van der Waals surface area contributed by atoms with Crippen LogP contribution in [0.1, 0.15) is 30.1 Å². The van der Waals surface area contributed by atoms with E-state index in [1.165, 1.54) is 12.8 Å². The second-order valence-corrected chi connectivity index (χ2v) is 4.88. The molecule has 0 saturated heterocycles. The summed E-state index contributed by atoms with van der Waals surface area (Å²) in [6.07, 6.45) is 3.80. The standard InChI is InChI=1S/C13H17N3O/c1-8-4-10(11-6-15-16-12(11)5-8)13(17)7-14-9-2-3-9/h4-6,9,13-14,17H,2-3,7H2,1H3,(H,15,16)/t13-/m0/s1. The van der Waals surface area contributed by atoms with Crippen molar-refractivity contribution in [3.05, 3.63) is 29.5 Å². The Bertz CT molecular complexity index is 530. The third kappa shape index (κ3) is 2.18. The number of benzene rings is 1. The molecule has 1 atom stereocenters. The number of fused-ring (bicyclic) bond motifs is 1. The molecular weight excluding hydrogens is 214 g/mol. The van der Waals surface area contributed by atoms with Gasteiger partial charge in [-0.15, -0.1) is 0 Å². The Labute approximate surface area is 100 Å². The van der Waals surface area contributed by atoms with Crippen LogP contribution in [0.25, 0.3) is 10.9 Å². The van der Waals surface area contributed by atoms with Crippen molar-refractivity contribution in [2.75, 3.05) is 6.54 Å². The number of nitrogens with zero attached hydrogens (tertiary/aromatic N) is 1. The number of aliphatic hydroxyl groups is 1. The van der Waals surface area contributed by atoms with Crippen molar-refractivity contribution in [1.29, 1.82) is 0 Å². The number of nitrogens with one attached hydrogen (secondary N) is 2. The molecule has 0 aliphatic heterocycles. The summed E-state index contributed by atoms with van der Waals surface area (Å²) < 4.78 is 0. The van der Waals surface area contributed by atoms with Crippen LogP contribution in [-0.2, 0) is 0 Å². The van der Waals surface area contributed by atoms with Crippen LogP contribution in [0.4, 0.5) is 0 Å². The van der Waals surface area contributed by atoms with Gasteiger partial charge in [0.25, 0.3) is 0 Å². The van der Waals surface area contributed by atoms with Gasteiger partial charge >= 0.3 is 0 Å². The number of hydrogen-bond acceptors (Lipinski definition) is 3. The predicted octanol–water partition coefficient (Wildman–Crippen LogP) is 1.66. The van der Waals surface area contributed by atoms with Crippen molar-refractivity contribution < 1.29 is 5.11 Å². The molecule has 1 aromatic heterocycles. The van der Waals surface area contributed by atoms with Crippen LogP contribution in [0.5, 0.6) is 0 Å². The second kappa shape index (κ2) is 4.13. The topological polar surface area (TPSA) is 60.9 Å². The normalized spacial score (nSPS) is 17.5. The summed E-state index contributed by atoms with van der Waals surface area (Å²) in [4.78, 5) is 0. The maximum atomic E-state index is 10.2. The molecule has 1 aliphatic rings. The van der Waals surface area contributed by atoms with E-state index < -0.39 is 6.10 Å². The molecule has 0 unspecified atom stereocenters. The first-order valence-corrected chi connectivity index (χ1v) is 6.09. The monoisotopic (exact) mass is 231 g/mol. The predicted molar refractivity (Wildman–Crippen MR) is 66.8 cm³/mol. The first-order valence-electron chi connectivity index (χ1n) is 6.09. The molecule has 1 saturated carbocycles. The number of rotatable bonds is 4. The SMILES string of the molecule is Cc1cc([C@@H](O)CNC2CC2)c2cn[nH]c2c1. The third-order valence-corrected chi connectivity index (χ3v) is 3.27. The zero-order valence-electron chi connectivity index (χ0n) is 9.90. The Morgan fingerprint density at radius 2 is 2.35 bits per heavy atom. The molecule has 3 N–H and O–H groups in total. The molecule has 1 aromatic carbocycles. The van der Waals surface area contributed by atoms with Crippen LogP contribution >= 0.6 is 0 Å². The molecule has 0 bridgehead atoms. The fourth-order valence-electron chi connectivity index (χ4n) is 2.18. The third-order valence-electron chi connectivity index (χ3n) is 3.27. The van der Waals surface area contributed by atoms with Crippen LogP contribution in [0.15, 0.2) is 18.3 Å². The van der Waals surface area contributed by atoms with Gasteiger partial charge in [-0.05, 0) is 37.0 Å². The zero-order valence-corrected chi connectivity index (χ0v) is 9.90. The van der Waals surface area contributed by atoms with E-state index in [1.807, 2.05) is 19.1 Å². The molecular formula is C13H17N3O. The largest absolute Gasteiger partial charge is 0.387 e. The number of hydrogen-bond donors (Lipinski definition) is 3. The molecule has 4 heteroatoms. The average molecular weight is 231 g/mol. The zero-order chi connectivity index (χ0) is 11.8. The van der Waals surface area contributed by atoms with Gasteiger partial charge in [0.2, 0.25) is 0 Å². The van der Waals surface area contributed by atoms with Gasteiger partial charge in [0.05, 0.1) is 17.8 Å². The minimum absolute atomic E-state index is 0.462. The van der Waals surface area contributed by atoms with E-state index in [0.717, 1.165) is 22.0 Å². The van der Waals surface area contributed by atoms with Crippen LogP contribution in [0, 0.1) is 6.92 Å². The Kier molecular flexibility index (Phi) is 2.61. The molecule has 3 rings (SSSR count). The Hall–Kier alpha value is -1.39. The van der Waals surface area contributed by atoms with Gasteiger partial charge in [-0.2, -0.15) is 5.10 Å². The fraction of sp³-hybridized carbons (Fsp3) is 0.462. The summed E-state index contributed by atoms with van der Waals surface area (Å²) in [7, 11) is 0. The summed E-state index contributed by atoms with van der Waals surface area (Å²) in [5, 5.41) is 21.6. The van der Waals surface area contributed by atoms with Crippen molar-refractivity contribution >= 4 is 10.9 Å². The minimum atomic E-state index is -0.462. The van der Waals surface area contributed by atoms with Gasteiger partial charge in [-0.3, -0.25) is 5.10 Å². The van der Waals surface area contributed by atoms with Gasteiger partial charge in [-0.25, -0.2) is 0 Å². The van der Waals surface area contributed by atoms with E-state index in [2.05, 4.69) is 15.5 Å². The second-order valence-electron chi connectivity index (χ2n) is 4.88.